The predicted molar refractivity (Wildman–Crippen MR) is 96.5 cm³/mol. The number of carbonyl (C=O) groups is 2. The fourth-order valence-corrected chi connectivity index (χ4v) is 3.04. The number of hydrogen-bond donors (Lipinski definition) is 1. The zero-order valence-electron chi connectivity index (χ0n) is 13.8. The number of pyridine rings is 1. The monoisotopic (exact) mass is 357 g/mol. The molecule has 1 unspecified atom stereocenters. The Morgan fingerprint density at radius 2 is 2.00 bits per heavy atom. The molecule has 1 aromatic heterocycles. The van der Waals surface area contributed by atoms with Crippen molar-refractivity contribution in [3.05, 3.63) is 64.9 Å². The highest BCUT2D eigenvalue weighted by atomic mass is 35.5. The van der Waals surface area contributed by atoms with E-state index >= 15 is 0 Å². The summed E-state index contributed by atoms with van der Waals surface area (Å²) in [4.78, 5) is 30.4. The largest absolute Gasteiger partial charge is 0.346 e. The SMILES string of the molecule is O=C(NC1CCN(C(=O)CCc2ccccc2)C1)c1ccc(Cl)cn1. The highest BCUT2D eigenvalue weighted by Gasteiger charge is 2.27. The first-order valence-corrected chi connectivity index (χ1v) is 8.74. The van der Waals surface area contributed by atoms with Crippen LogP contribution in [0.1, 0.15) is 28.9 Å². The quantitative estimate of drug-likeness (QED) is 0.894. The average Bonchev–Trinajstić information content (AvgIpc) is 3.09. The molecule has 2 amide bonds. The Morgan fingerprint density at radius 3 is 2.72 bits per heavy atom. The Bertz CT molecular complexity index is 734. The Kier molecular flexibility index (Phi) is 5.66. The van der Waals surface area contributed by atoms with E-state index in [1.165, 1.54) is 6.20 Å². The number of amides is 2. The minimum atomic E-state index is -0.236. The maximum Gasteiger partial charge on any atom is 0.270 e. The minimum absolute atomic E-state index is 0.0364. The van der Waals surface area contributed by atoms with Crippen LogP contribution in [0.25, 0.3) is 0 Å². The van der Waals surface area contributed by atoms with Crippen molar-refractivity contribution >= 4 is 23.4 Å². The van der Waals surface area contributed by atoms with Gasteiger partial charge in [-0.1, -0.05) is 41.9 Å². The molecular weight excluding hydrogens is 338 g/mol. The van der Waals surface area contributed by atoms with Crippen LogP contribution >= 0.6 is 11.6 Å². The lowest BCUT2D eigenvalue weighted by Crippen LogP contribution is -2.38. The molecule has 1 aliphatic rings. The Hall–Kier alpha value is -2.40. The molecule has 0 bridgehead atoms. The molecule has 2 aromatic rings. The highest BCUT2D eigenvalue weighted by molar-refractivity contribution is 6.30. The van der Waals surface area contributed by atoms with Gasteiger partial charge in [0.15, 0.2) is 0 Å². The molecule has 130 valence electrons. The number of aromatic nitrogens is 1. The third kappa shape index (κ3) is 4.79. The van der Waals surface area contributed by atoms with Crippen molar-refractivity contribution in [3.8, 4) is 0 Å². The van der Waals surface area contributed by atoms with Gasteiger partial charge in [0.2, 0.25) is 5.91 Å². The number of halogens is 1. The highest BCUT2D eigenvalue weighted by Crippen LogP contribution is 2.13. The fraction of sp³-hybridized carbons (Fsp3) is 0.316. The van der Waals surface area contributed by atoms with Crippen LogP contribution in [0.2, 0.25) is 5.02 Å². The number of carbonyl (C=O) groups excluding carboxylic acids is 2. The molecule has 6 heteroatoms. The molecule has 5 nitrogen and oxygen atoms in total. The van der Waals surface area contributed by atoms with Gasteiger partial charge in [0.1, 0.15) is 5.69 Å². The second kappa shape index (κ2) is 8.12. The van der Waals surface area contributed by atoms with E-state index in [9.17, 15) is 9.59 Å². The van der Waals surface area contributed by atoms with Crippen LogP contribution in [-0.4, -0.2) is 40.8 Å². The van der Waals surface area contributed by atoms with Gasteiger partial charge < -0.3 is 10.2 Å². The molecule has 0 spiro atoms. The standard InChI is InChI=1S/C19H20ClN3O2/c20-15-7-8-17(21-12-15)19(25)22-16-10-11-23(13-16)18(24)9-6-14-4-2-1-3-5-14/h1-5,7-8,12,16H,6,9-11,13H2,(H,22,25). The summed E-state index contributed by atoms with van der Waals surface area (Å²) in [6, 6.07) is 13.2. The van der Waals surface area contributed by atoms with Gasteiger partial charge in [-0.2, -0.15) is 0 Å². The van der Waals surface area contributed by atoms with E-state index in [4.69, 9.17) is 11.6 Å². The minimum Gasteiger partial charge on any atom is -0.346 e. The Labute approximate surface area is 152 Å². The van der Waals surface area contributed by atoms with Gasteiger partial charge in [0.25, 0.3) is 5.91 Å². The zero-order chi connectivity index (χ0) is 17.6. The van der Waals surface area contributed by atoms with E-state index in [1.54, 1.807) is 12.1 Å². The zero-order valence-corrected chi connectivity index (χ0v) is 14.6. The summed E-state index contributed by atoms with van der Waals surface area (Å²) in [6.45, 7) is 1.22. The summed E-state index contributed by atoms with van der Waals surface area (Å²) >= 11 is 5.78. The second-order valence-electron chi connectivity index (χ2n) is 6.15. The first-order chi connectivity index (χ1) is 12.1. The van der Waals surface area contributed by atoms with Crippen LogP contribution in [-0.2, 0) is 11.2 Å². The molecule has 25 heavy (non-hydrogen) atoms. The number of rotatable bonds is 5. The lowest BCUT2D eigenvalue weighted by atomic mass is 10.1. The molecule has 1 atom stereocenters. The number of likely N-dealkylation sites (tertiary alicyclic amines) is 1. The van der Waals surface area contributed by atoms with Crippen molar-refractivity contribution in [2.75, 3.05) is 13.1 Å². The van der Waals surface area contributed by atoms with Crippen molar-refractivity contribution in [1.29, 1.82) is 0 Å². The van der Waals surface area contributed by atoms with Gasteiger partial charge in [0, 0.05) is 31.7 Å². The molecule has 1 aromatic carbocycles. The van der Waals surface area contributed by atoms with Crippen LogP contribution in [0.4, 0.5) is 0 Å². The molecular formula is C19H20ClN3O2. The van der Waals surface area contributed by atoms with Gasteiger partial charge in [-0.15, -0.1) is 0 Å². The van der Waals surface area contributed by atoms with Crippen LogP contribution in [0.15, 0.2) is 48.7 Å². The van der Waals surface area contributed by atoms with Crippen LogP contribution in [0.5, 0.6) is 0 Å². The van der Waals surface area contributed by atoms with E-state index in [0.29, 0.717) is 30.2 Å². The van der Waals surface area contributed by atoms with Crippen molar-refractivity contribution < 1.29 is 9.59 Å². The second-order valence-corrected chi connectivity index (χ2v) is 6.58. The first kappa shape index (κ1) is 17.4. The topological polar surface area (TPSA) is 62.3 Å². The van der Waals surface area contributed by atoms with Crippen molar-refractivity contribution in [2.45, 2.75) is 25.3 Å². The maximum absolute atomic E-state index is 12.3. The number of nitrogens with one attached hydrogen (secondary N) is 1. The molecule has 1 fully saturated rings. The van der Waals surface area contributed by atoms with E-state index in [2.05, 4.69) is 10.3 Å². The van der Waals surface area contributed by atoms with Gasteiger partial charge in [-0.25, -0.2) is 4.98 Å². The summed E-state index contributed by atoms with van der Waals surface area (Å²) in [5.74, 6) is -0.106. The molecule has 2 heterocycles. The Morgan fingerprint density at radius 1 is 1.20 bits per heavy atom. The van der Waals surface area contributed by atoms with Crippen molar-refractivity contribution in [3.63, 3.8) is 0 Å². The number of hydrogen-bond acceptors (Lipinski definition) is 3. The molecule has 0 aliphatic carbocycles. The van der Waals surface area contributed by atoms with Gasteiger partial charge in [0.05, 0.1) is 5.02 Å². The number of benzene rings is 1. The molecule has 1 saturated heterocycles. The smallest absolute Gasteiger partial charge is 0.270 e. The molecule has 3 rings (SSSR count). The molecule has 0 saturated carbocycles. The fourth-order valence-electron chi connectivity index (χ4n) is 2.93. The predicted octanol–water partition coefficient (Wildman–Crippen LogP) is 2.70. The number of aryl methyl sites for hydroxylation is 1. The third-order valence-corrected chi connectivity index (χ3v) is 4.53. The van der Waals surface area contributed by atoms with E-state index in [-0.39, 0.29) is 17.9 Å². The van der Waals surface area contributed by atoms with Crippen LogP contribution < -0.4 is 5.32 Å². The van der Waals surface area contributed by atoms with E-state index in [1.807, 2.05) is 35.2 Å². The third-order valence-electron chi connectivity index (χ3n) is 4.31. The van der Waals surface area contributed by atoms with Gasteiger partial charge in [-0.05, 0) is 30.5 Å². The van der Waals surface area contributed by atoms with Crippen LogP contribution in [0.3, 0.4) is 0 Å². The van der Waals surface area contributed by atoms with Crippen molar-refractivity contribution in [1.82, 2.24) is 15.2 Å². The lowest BCUT2D eigenvalue weighted by molar-refractivity contribution is -0.130. The summed E-state index contributed by atoms with van der Waals surface area (Å²) in [5.41, 5.74) is 1.49. The first-order valence-electron chi connectivity index (χ1n) is 8.36. The summed E-state index contributed by atoms with van der Waals surface area (Å²) in [6.07, 6.45) is 3.44. The van der Waals surface area contributed by atoms with Gasteiger partial charge in [-0.3, -0.25) is 9.59 Å². The van der Waals surface area contributed by atoms with E-state index in [0.717, 1.165) is 18.4 Å². The normalized spacial score (nSPS) is 16.7. The molecule has 1 aliphatic heterocycles. The number of nitrogens with zero attached hydrogens (tertiary/aromatic N) is 2. The molecule has 1 N–H and O–H groups in total. The summed E-state index contributed by atoms with van der Waals surface area (Å²) in [7, 11) is 0. The lowest BCUT2D eigenvalue weighted by Gasteiger charge is -2.17. The summed E-state index contributed by atoms with van der Waals surface area (Å²) in [5, 5.41) is 3.43. The average molecular weight is 358 g/mol. The van der Waals surface area contributed by atoms with E-state index < -0.39 is 0 Å². The van der Waals surface area contributed by atoms with Crippen molar-refractivity contribution in [2.24, 2.45) is 0 Å². The maximum atomic E-state index is 12.3. The van der Waals surface area contributed by atoms with Gasteiger partial charge >= 0.3 is 0 Å². The van der Waals surface area contributed by atoms with Crippen LogP contribution in [0, 0.1) is 0 Å². The molecule has 0 radical (unpaired) electrons. The Balaban J connectivity index is 1.47. The summed E-state index contributed by atoms with van der Waals surface area (Å²) < 4.78 is 0.